The second kappa shape index (κ2) is 3.61. The van der Waals surface area contributed by atoms with Crippen LogP contribution in [0.15, 0.2) is 42.5 Å². The summed E-state index contributed by atoms with van der Waals surface area (Å²) in [7, 11) is 0. The van der Waals surface area contributed by atoms with Crippen molar-refractivity contribution >= 4 is 16.7 Å². The Balaban J connectivity index is 2.59. The van der Waals surface area contributed by atoms with Gasteiger partial charge in [0, 0.05) is 0 Å². The Labute approximate surface area is 93.5 Å². The molecule has 0 aliphatic rings. The number of hydrogen-bond donors (Lipinski definition) is 2. The Morgan fingerprint density at radius 3 is 2.44 bits per heavy atom. The van der Waals surface area contributed by atoms with Crippen LogP contribution in [0.4, 0.5) is 0 Å². The minimum atomic E-state index is -1.34. The van der Waals surface area contributed by atoms with E-state index in [1.165, 1.54) is 6.92 Å². The molecule has 1 atom stereocenters. The Morgan fingerprint density at radius 1 is 1.19 bits per heavy atom. The van der Waals surface area contributed by atoms with Crippen LogP contribution in [0.2, 0.25) is 0 Å². The lowest BCUT2D eigenvalue weighted by Crippen LogP contribution is -2.41. The second-order valence-corrected chi connectivity index (χ2v) is 4.07. The third kappa shape index (κ3) is 1.66. The lowest BCUT2D eigenvalue weighted by Gasteiger charge is -2.20. The number of carboxylic acid groups (broad SMARTS) is 1. The van der Waals surface area contributed by atoms with Gasteiger partial charge >= 0.3 is 5.97 Å². The highest BCUT2D eigenvalue weighted by Gasteiger charge is 2.30. The third-order valence-electron chi connectivity index (χ3n) is 2.79. The van der Waals surface area contributed by atoms with Gasteiger partial charge in [-0.2, -0.15) is 0 Å². The van der Waals surface area contributed by atoms with Crippen LogP contribution in [0.5, 0.6) is 0 Å². The van der Waals surface area contributed by atoms with E-state index < -0.39 is 11.5 Å². The van der Waals surface area contributed by atoms with Crippen LogP contribution in [-0.4, -0.2) is 11.1 Å². The molecule has 0 aliphatic heterocycles. The van der Waals surface area contributed by atoms with Gasteiger partial charge in [-0.15, -0.1) is 0 Å². The molecule has 0 aromatic heterocycles. The monoisotopic (exact) mass is 215 g/mol. The average Bonchev–Trinajstić information content (AvgIpc) is 2.28. The molecular formula is C13H13NO2. The Morgan fingerprint density at radius 2 is 1.81 bits per heavy atom. The first kappa shape index (κ1) is 10.6. The number of nitrogens with two attached hydrogens (primary N) is 1. The van der Waals surface area contributed by atoms with Gasteiger partial charge in [-0.05, 0) is 29.3 Å². The fourth-order valence-electron chi connectivity index (χ4n) is 1.64. The zero-order valence-corrected chi connectivity index (χ0v) is 8.97. The molecule has 0 aliphatic carbocycles. The standard InChI is InChI=1S/C13H13NO2/c1-13(14,12(15)16)11-7-6-9-4-2-3-5-10(9)8-11/h2-8H,14H2,1H3,(H,15,16)/t13-/m0/s1. The van der Waals surface area contributed by atoms with Crippen molar-refractivity contribution in [3.05, 3.63) is 48.0 Å². The highest BCUT2D eigenvalue weighted by Crippen LogP contribution is 2.23. The van der Waals surface area contributed by atoms with Crippen LogP contribution in [0.1, 0.15) is 12.5 Å². The quantitative estimate of drug-likeness (QED) is 0.806. The Hall–Kier alpha value is -1.87. The molecule has 2 aromatic rings. The van der Waals surface area contributed by atoms with Gasteiger partial charge in [-0.3, -0.25) is 0 Å². The summed E-state index contributed by atoms with van der Waals surface area (Å²) in [5.74, 6) is -1.03. The molecule has 2 aromatic carbocycles. The fraction of sp³-hybridized carbons (Fsp3) is 0.154. The van der Waals surface area contributed by atoms with Crippen LogP contribution in [0.25, 0.3) is 10.8 Å². The average molecular weight is 215 g/mol. The van der Waals surface area contributed by atoms with E-state index >= 15 is 0 Å². The first-order valence-corrected chi connectivity index (χ1v) is 5.03. The Bertz CT molecular complexity index is 546. The van der Waals surface area contributed by atoms with Crippen molar-refractivity contribution in [3.63, 3.8) is 0 Å². The van der Waals surface area contributed by atoms with Gasteiger partial charge < -0.3 is 10.8 Å². The number of aliphatic carboxylic acids is 1. The minimum Gasteiger partial charge on any atom is -0.480 e. The molecule has 0 radical (unpaired) electrons. The maximum absolute atomic E-state index is 11.0. The number of hydrogen-bond acceptors (Lipinski definition) is 2. The third-order valence-corrected chi connectivity index (χ3v) is 2.79. The molecule has 0 fully saturated rings. The summed E-state index contributed by atoms with van der Waals surface area (Å²) in [4.78, 5) is 11.0. The SMILES string of the molecule is C[C@@](N)(C(=O)O)c1ccc2ccccc2c1. The first-order chi connectivity index (χ1) is 7.51. The first-order valence-electron chi connectivity index (χ1n) is 5.03. The lowest BCUT2D eigenvalue weighted by atomic mass is 9.91. The van der Waals surface area contributed by atoms with Crippen LogP contribution in [-0.2, 0) is 10.3 Å². The largest absolute Gasteiger partial charge is 0.480 e. The number of fused-ring (bicyclic) bond motifs is 1. The van der Waals surface area contributed by atoms with Gasteiger partial charge in [-0.1, -0.05) is 36.4 Å². The molecule has 82 valence electrons. The maximum Gasteiger partial charge on any atom is 0.328 e. The topological polar surface area (TPSA) is 63.3 Å². The lowest BCUT2D eigenvalue weighted by molar-refractivity contribution is -0.143. The van der Waals surface area contributed by atoms with Crippen molar-refractivity contribution in [2.24, 2.45) is 5.73 Å². The summed E-state index contributed by atoms with van der Waals surface area (Å²) in [6.45, 7) is 1.50. The number of rotatable bonds is 2. The molecule has 3 N–H and O–H groups in total. The van der Waals surface area contributed by atoms with Gasteiger partial charge in [0.2, 0.25) is 0 Å². The van der Waals surface area contributed by atoms with Crippen molar-refractivity contribution < 1.29 is 9.90 Å². The summed E-state index contributed by atoms with van der Waals surface area (Å²) in [5, 5.41) is 11.1. The van der Waals surface area contributed by atoms with Gasteiger partial charge in [0.25, 0.3) is 0 Å². The highest BCUT2D eigenvalue weighted by atomic mass is 16.4. The predicted octanol–water partition coefficient (Wildman–Crippen LogP) is 2.10. The van der Waals surface area contributed by atoms with E-state index in [-0.39, 0.29) is 0 Å². The molecule has 3 nitrogen and oxygen atoms in total. The highest BCUT2D eigenvalue weighted by molar-refractivity contribution is 5.86. The molecule has 0 bridgehead atoms. The van der Waals surface area contributed by atoms with E-state index in [4.69, 9.17) is 10.8 Å². The van der Waals surface area contributed by atoms with Gasteiger partial charge in [0.05, 0.1) is 0 Å². The van der Waals surface area contributed by atoms with Crippen LogP contribution in [0, 0.1) is 0 Å². The van der Waals surface area contributed by atoms with E-state index in [1.54, 1.807) is 6.07 Å². The maximum atomic E-state index is 11.0. The van der Waals surface area contributed by atoms with Crippen molar-refractivity contribution in [2.75, 3.05) is 0 Å². The van der Waals surface area contributed by atoms with Crippen molar-refractivity contribution in [1.82, 2.24) is 0 Å². The molecule has 0 saturated carbocycles. The zero-order valence-electron chi connectivity index (χ0n) is 8.97. The molecule has 0 saturated heterocycles. The van der Waals surface area contributed by atoms with Gasteiger partial charge in [0.1, 0.15) is 5.54 Å². The molecule has 0 amide bonds. The van der Waals surface area contributed by atoms with Crippen molar-refractivity contribution in [2.45, 2.75) is 12.5 Å². The Kier molecular flexibility index (Phi) is 2.40. The van der Waals surface area contributed by atoms with E-state index in [0.29, 0.717) is 5.56 Å². The van der Waals surface area contributed by atoms with Crippen LogP contribution < -0.4 is 5.73 Å². The second-order valence-electron chi connectivity index (χ2n) is 4.07. The van der Waals surface area contributed by atoms with E-state index in [9.17, 15) is 4.79 Å². The van der Waals surface area contributed by atoms with E-state index in [0.717, 1.165) is 10.8 Å². The predicted molar refractivity (Wildman–Crippen MR) is 63.1 cm³/mol. The summed E-state index contributed by atoms with van der Waals surface area (Å²) >= 11 is 0. The number of carbonyl (C=O) groups is 1. The van der Waals surface area contributed by atoms with E-state index in [1.807, 2.05) is 36.4 Å². The summed E-state index contributed by atoms with van der Waals surface area (Å²) < 4.78 is 0. The van der Waals surface area contributed by atoms with Crippen LogP contribution >= 0.6 is 0 Å². The van der Waals surface area contributed by atoms with Gasteiger partial charge in [0.15, 0.2) is 0 Å². The van der Waals surface area contributed by atoms with Crippen molar-refractivity contribution in [1.29, 1.82) is 0 Å². The van der Waals surface area contributed by atoms with Crippen LogP contribution in [0.3, 0.4) is 0 Å². The molecule has 0 unspecified atom stereocenters. The molecule has 0 spiro atoms. The fourth-order valence-corrected chi connectivity index (χ4v) is 1.64. The number of benzene rings is 2. The van der Waals surface area contributed by atoms with Gasteiger partial charge in [-0.25, -0.2) is 4.79 Å². The normalized spacial score (nSPS) is 14.6. The molecule has 3 heteroatoms. The van der Waals surface area contributed by atoms with Crippen molar-refractivity contribution in [3.8, 4) is 0 Å². The minimum absolute atomic E-state index is 0.610. The summed E-state index contributed by atoms with van der Waals surface area (Å²) in [6.07, 6.45) is 0. The molecule has 16 heavy (non-hydrogen) atoms. The smallest absolute Gasteiger partial charge is 0.328 e. The zero-order chi connectivity index (χ0) is 11.8. The summed E-state index contributed by atoms with van der Waals surface area (Å²) in [5.41, 5.74) is 5.04. The molecule has 0 heterocycles. The molecular weight excluding hydrogens is 202 g/mol. The summed E-state index contributed by atoms with van der Waals surface area (Å²) in [6, 6.07) is 13.3. The number of carboxylic acids is 1. The molecule has 2 rings (SSSR count). The van der Waals surface area contributed by atoms with E-state index in [2.05, 4.69) is 0 Å².